The highest BCUT2D eigenvalue weighted by molar-refractivity contribution is 6.08. The highest BCUT2D eigenvalue weighted by Crippen LogP contribution is 2.54. The minimum Gasteiger partial charge on any atom is -0.310 e. The highest BCUT2D eigenvalue weighted by atomic mass is 15.1. The lowest BCUT2D eigenvalue weighted by Gasteiger charge is -2.28. The van der Waals surface area contributed by atoms with Crippen molar-refractivity contribution in [2.45, 2.75) is 38.5 Å². The lowest BCUT2D eigenvalue weighted by Crippen LogP contribution is -2.16. The topological polar surface area (TPSA) is 3.24 Å². The molecule has 12 rings (SSSR count). The van der Waals surface area contributed by atoms with Gasteiger partial charge in [0.05, 0.1) is 0 Å². The van der Waals surface area contributed by atoms with Gasteiger partial charge in [-0.2, -0.15) is 0 Å². The van der Waals surface area contributed by atoms with Gasteiger partial charge in [-0.1, -0.05) is 198 Å². The zero-order valence-corrected chi connectivity index (χ0v) is 36.2. The first-order chi connectivity index (χ1) is 30.8. The normalized spacial score (nSPS) is 14.0. The Bertz CT molecular complexity index is 3440. The summed E-state index contributed by atoms with van der Waals surface area (Å²) in [7, 11) is 0. The summed E-state index contributed by atoms with van der Waals surface area (Å²) in [6.45, 7) is 9.48. The summed E-state index contributed by atoms with van der Waals surface area (Å²) < 4.78 is 0. The Morgan fingerprint density at radius 2 is 0.778 bits per heavy atom. The summed E-state index contributed by atoms with van der Waals surface area (Å²) in [6.07, 6.45) is 0. The molecule has 0 fully saturated rings. The molecule has 0 heterocycles. The SMILES string of the molecule is CC1(C)c2ccccc2-c2ccc(N(c3ccc(-c4ccc5c(ccc6ccccc65)c4)cc3)c3ccc(-c4ccccc4-c4cccc5c4C(C)(C)c4ccccc4-5)cc3)cc21. The first kappa shape index (κ1) is 37.3. The second-order valence-corrected chi connectivity index (χ2v) is 18.5. The second-order valence-electron chi connectivity index (χ2n) is 18.5. The molecular formula is C62H47N. The fraction of sp³-hybridized carbons (Fsp3) is 0.0968. The number of hydrogen-bond donors (Lipinski definition) is 0. The molecular weight excluding hydrogens is 759 g/mol. The molecule has 1 heteroatoms. The van der Waals surface area contributed by atoms with Gasteiger partial charge in [-0.3, -0.25) is 0 Å². The van der Waals surface area contributed by atoms with Gasteiger partial charge in [0.1, 0.15) is 0 Å². The van der Waals surface area contributed by atoms with Crippen LogP contribution >= 0.6 is 0 Å². The molecule has 0 saturated heterocycles. The van der Waals surface area contributed by atoms with Gasteiger partial charge in [-0.25, -0.2) is 0 Å². The van der Waals surface area contributed by atoms with Crippen LogP contribution in [0.5, 0.6) is 0 Å². The van der Waals surface area contributed by atoms with Gasteiger partial charge < -0.3 is 4.90 Å². The molecule has 0 amide bonds. The molecule has 63 heavy (non-hydrogen) atoms. The van der Waals surface area contributed by atoms with E-state index in [2.05, 4.69) is 245 Å². The zero-order chi connectivity index (χ0) is 42.5. The largest absolute Gasteiger partial charge is 0.310 e. The predicted molar refractivity (Wildman–Crippen MR) is 268 cm³/mol. The molecule has 0 N–H and O–H groups in total. The molecule has 300 valence electrons. The number of rotatable bonds is 6. The van der Waals surface area contributed by atoms with Gasteiger partial charge in [0, 0.05) is 27.9 Å². The van der Waals surface area contributed by atoms with Crippen LogP contribution in [0.3, 0.4) is 0 Å². The van der Waals surface area contributed by atoms with Crippen LogP contribution in [0, 0.1) is 0 Å². The predicted octanol–water partition coefficient (Wildman–Crippen LogP) is 17.1. The summed E-state index contributed by atoms with van der Waals surface area (Å²) in [5.74, 6) is 0. The molecule has 0 radical (unpaired) electrons. The van der Waals surface area contributed by atoms with E-state index in [1.54, 1.807) is 0 Å². The molecule has 1 nitrogen and oxygen atoms in total. The Morgan fingerprint density at radius 3 is 1.51 bits per heavy atom. The molecule has 0 saturated carbocycles. The van der Waals surface area contributed by atoms with Crippen molar-refractivity contribution in [1.29, 1.82) is 0 Å². The summed E-state index contributed by atoms with van der Waals surface area (Å²) in [5.41, 5.74) is 21.5. The van der Waals surface area contributed by atoms with E-state index in [0.29, 0.717) is 0 Å². The van der Waals surface area contributed by atoms with Crippen molar-refractivity contribution in [2.75, 3.05) is 4.90 Å². The molecule has 10 aromatic rings. The van der Waals surface area contributed by atoms with Crippen molar-refractivity contribution in [3.8, 4) is 55.6 Å². The summed E-state index contributed by atoms with van der Waals surface area (Å²) >= 11 is 0. The van der Waals surface area contributed by atoms with Gasteiger partial charge in [-0.05, 0) is 142 Å². The molecule has 0 aromatic heterocycles. The molecule has 0 aliphatic heterocycles. The van der Waals surface area contributed by atoms with Crippen molar-refractivity contribution >= 4 is 38.6 Å². The standard InChI is InChI=1S/C62H47N/c1-61(2)57-22-11-9-18-52(57)54-37-35-47(39-59(54)61)63(45-31-26-40(27-32-45)43-30-36-50-44(38-43)25-24-41-14-5-6-15-48(41)50)46-33-28-42(29-34-46)49-16-7-8-17-51(49)55-20-13-21-56-53-19-10-12-23-58(53)62(3,4)60(55)56/h5-39H,1-4H3. The number of fused-ring (bicyclic) bond motifs is 9. The average molecular weight is 806 g/mol. The molecule has 0 spiro atoms. The Hall–Kier alpha value is -7.48. The van der Waals surface area contributed by atoms with Crippen molar-refractivity contribution < 1.29 is 0 Å². The Balaban J connectivity index is 0.950. The third-order valence-electron chi connectivity index (χ3n) is 14.3. The van der Waals surface area contributed by atoms with Crippen LogP contribution in [0.2, 0.25) is 0 Å². The number of nitrogens with zero attached hydrogens (tertiary/aromatic N) is 1. The van der Waals surface area contributed by atoms with Crippen LogP contribution in [0.15, 0.2) is 212 Å². The van der Waals surface area contributed by atoms with E-state index in [-0.39, 0.29) is 10.8 Å². The van der Waals surface area contributed by atoms with Crippen LogP contribution in [0.4, 0.5) is 17.1 Å². The second kappa shape index (κ2) is 14.0. The first-order valence-corrected chi connectivity index (χ1v) is 22.3. The van der Waals surface area contributed by atoms with Crippen LogP contribution in [0.25, 0.3) is 77.2 Å². The smallest absolute Gasteiger partial charge is 0.0465 e. The molecule has 2 aliphatic rings. The molecule has 10 aromatic carbocycles. The maximum Gasteiger partial charge on any atom is 0.0465 e. The van der Waals surface area contributed by atoms with Gasteiger partial charge in [0.15, 0.2) is 0 Å². The van der Waals surface area contributed by atoms with Crippen LogP contribution in [-0.2, 0) is 10.8 Å². The minimum absolute atomic E-state index is 0.107. The quantitative estimate of drug-likeness (QED) is 0.151. The number of hydrogen-bond acceptors (Lipinski definition) is 1. The molecule has 0 bridgehead atoms. The maximum absolute atomic E-state index is 2.43. The summed E-state index contributed by atoms with van der Waals surface area (Å²) in [5, 5.41) is 5.11. The molecule has 0 atom stereocenters. The third kappa shape index (κ3) is 5.76. The number of anilines is 3. The Morgan fingerprint density at radius 1 is 0.286 bits per heavy atom. The van der Waals surface area contributed by atoms with Gasteiger partial charge in [0.2, 0.25) is 0 Å². The van der Waals surface area contributed by atoms with Crippen molar-refractivity contribution in [3.63, 3.8) is 0 Å². The summed E-state index contributed by atoms with van der Waals surface area (Å²) in [4.78, 5) is 2.43. The first-order valence-electron chi connectivity index (χ1n) is 22.3. The van der Waals surface area contributed by atoms with Crippen LogP contribution < -0.4 is 4.90 Å². The van der Waals surface area contributed by atoms with Crippen molar-refractivity contribution in [3.05, 3.63) is 235 Å². The van der Waals surface area contributed by atoms with Crippen molar-refractivity contribution in [2.24, 2.45) is 0 Å². The van der Waals surface area contributed by atoms with E-state index in [0.717, 1.165) is 17.1 Å². The zero-order valence-electron chi connectivity index (χ0n) is 36.2. The van der Waals surface area contributed by atoms with Crippen LogP contribution in [-0.4, -0.2) is 0 Å². The van der Waals surface area contributed by atoms with E-state index >= 15 is 0 Å². The maximum atomic E-state index is 2.43. The Labute approximate surface area is 370 Å². The summed E-state index contributed by atoms with van der Waals surface area (Å²) in [6, 6.07) is 79.0. The lowest BCUT2D eigenvalue weighted by atomic mass is 9.78. The molecule has 2 aliphatic carbocycles. The van der Waals surface area contributed by atoms with Gasteiger partial charge in [0.25, 0.3) is 0 Å². The fourth-order valence-electron chi connectivity index (χ4n) is 11.1. The van der Waals surface area contributed by atoms with Crippen LogP contribution in [0.1, 0.15) is 49.9 Å². The minimum atomic E-state index is -0.111. The van der Waals surface area contributed by atoms with E-state index in [1.165, 1.54) is 99.4 Å². The van der Waals surface area contributed by atoms with E-state index in [9.17, 15) is 0 Å². The van der Waals surface area contributed by atoms with E-state index in [4.69, 9.17) is 0 Å². The molecule has 0 unspecified atom stereocenters. The Kier molecular flexibility index (Phi) is 8.30. The average Bonchev–Trinajstić information content (AvgIpc) is 3.71. The number of benzene rings is 10. The van der Waals surface area contributed by atoms with Gasteiger partial charge >= 0.3 is 0 Å². The highest BCUT2D eigenvalue weighted by Gasteiger charge is 2.38. The van der Waals surface area contributed by atoms with E-state index in [1.807, 2.05) is 0 Å². The van der Waals surface area contributed by atoms with E-state index < -0.39 is 0 Å². The fourth-order valence-corrected chi connectivity index (χ4v) is 11.1. The van der Waals surface area contributed by atoms with Gasteiger partial charge in [-0.15, -0.1) is 0 Å². The third-order valence-corrected chi connectivity index (χ3v) is 14.3. The van der Waals surface area contributed by atoms with Crippen molar-refractivity contribution in [1.82, 2.24) is 0 Å². The lowest BCUT2D eigenvalue weighted by molar-refractivity contribution is 0.660. The monoisotopic (exact) mass is 805 g/mol.